The number of phenolic OH excluding ortho intramolecular Hbond substituents is 1. The van der Waals surface area contributed by atoms with Gasteiger partial charge in [-0.1, -0.05) is 45.4 Å². The van der Waals surface area contributed by atoms with Crippen LogP contribution in [0.15, 0.2) is 57.5 Å². The summed E-state index contributed by atoms with van der Waals surface area (Å²) >= 11 is 3.44. The van der Waals surface area contributed by atoms with E-state index in [9.17, 15) is 5.11 Å². The maximum atomic E-state index is 9.45. The van der Waals surface area contributed by atoms with Gasteiger partial charge in [0.05, 0.1) is 6.42 Å². The van der Waals surface area contributed by atoms with Crippen LogP contribution in [-0.2, 0) is 12.8 Å². The van der Waals surface area contributed by atoms with E-state index in [0.29, 0.717) is 24.6 Å². The van der Waals surface area contributed by atoms with Crippen molar-refractivity contribution in [3.05, 3.63) is 75.8 Å². The molecular formula is C16H13BrN2O2. The van der Waals surface area contributed by atoms with Gasteiger partial charge in [-0.05, 0) is 35.4 Å². The highest BCUT2D eigenvalue weighted by atomic mass is 79.9. The van der Waals surface area contributed by atoms with Gasteiger partial charge >= 0.3 is 0 Å². The lowest BCUT2D eigenvalue weighted by Gasteiger charge is -1.97. The quantitative estimate of drug-likeness (QED) is 0.783. The van der Waals surface area contributed by atoms with Gasteiger partial charge in [0.1, 0.15) is 5.75 Å². The molecule has 3 aromatic rings. The highest BCUT2D eigenvalue weighted by molar-refractivity contribution is 9.10. The monoisotopic (exact) mass is 344 g/mol. The van der Waals surface area contributed by atoms with Crippen LogP contribution >= 0.6 is 15.9 Å². The van der Waals surface area contributed by atoms with E-state index in [1.165, 1.54) is 0 Å². The van der Waals surface area contributed by atoms with Crippen molar-refractivity contribution in [1.29, 1.82) is 0 Å². The maximum Gasteiger partial charge on any atom is 0.231 e. The Balaban J connectivity index is 1.71. The first kappa shape index (κ1) is 13.8. The molecule has 4 nitrogen and oxygen atoms in total. The topological polar surface area (TPSA) is 59.2 Å². The number of hydrogen-bond acceptors (Lipinski definition) is 4. The summed E-state index contributed by atoms with van der Waals surface area (Å²) in [6, 6.07) is 15.1. The molecule has 2 aromatic carbocycles. The molecule has 0 radical (unpaired) electrons. The lowest BCUT2D eigenvalue weighted by atomic mass is 10.1. The van der Waals surface area contributed by atoms with Crippen molar-refractivity contribution in [1.82, 2.24) is 10.1 Å². The van der Waals surface area contributed by atoms with E-state index in [1.807, 2.05) is 30.3 Å². The van der Waals surface area contributed by atoms with Gasteiger partial charge in [-0.3, -0.25) is 0 Å². The molecule has 0 atom stereocenters. The predicted molar refractivity (Wildman–Crippen MR) is 82.2 cm³/mol. The van der Waals surface area contributed by atoms with Gasteiger partial charge in [0, 0.05) is 10.9 Å². The number of phenols is 1. The van der Waals surface area contributed by atoms with Crippen LogP contribution in [-0.4, -0.2) is 15.2 Å². The highest BCUT2D eigenvalue weighted by Gasteiger charge is 2.08. The van der Waals surface area contributed by atoms with Crippen LogP contribution in [0.5, 0.6) is 5.75 Å². The van der Waals surface area contributed by atoms with Crippen molar-refractivity contribution in [2.45, 2.75) is 12.8 Å². The third-order valence-electron chi connectivity index (χ3n) is 3.03. The zero-order valence-corrected chi connectivity index (χ0v) is 12.7. The van der Waals surface area contributed by atoms with Crippen molar-refractivity contribution >= 4 is 15.9 Å². The number of hydrogen-bond donors (Lipinski definition) is 1. The molecule has 5 heteroatoms. The minimum absolute atomic E-state index is 0.237. The van der Waals surface area contributed by atoms with Crippen LogP contribution in [0.25, 0.3) is 0 Å². The number of aromatic hydroxyl groups is 1. The maximum absolute atomic E-state index is 9.45. The number of nitrogens with zero attached hydrogens (tertiary/aromatic N) is 2. The Hall–Kier alpha value is -2.14. The fraction of sp³-hybridized carbons (Fsp3) is 0.125. The third-order valence-corrected chi connectivity index (χ3v) is 3.52. The first-order valence-corrected chi connectivity index (χ1v) is 7.32. The molecule has 0 bridgehead atoms. The van der Waals surface area contributed by atoms with Crippen molar-refractivity contribution in [3.8, 4) is 5.75 Å². The predicted octanol–water partition coefficient (Wildman–Crippen LogP) is 3.72. The first-order chi connectivity index (χ1) is 10.2. The van der Waals surface area contributed by atoms with Gasteiger partial charge in [0.25, 0.3) is 0 Å². The number of halogens is 1. The molecule has 3 rings (SSSR count). The summed E-state index contributed by atoms with van der Waals surface area (Å²) in [5.41, 5.74) is 2.06. The molecule has 0 saturated heterocycles. The summed E-state index contributed by atoms with van der Waals surface area (Å²) in [7, 11) is 0. The average Bonchev–Trinajstić information content (AvgIpc) is 2.86. The SMILES string of the molecule is Oc1cccc(Cc2nc(Cc3cccc(Br)c3)no2)c1. The summed E-state index contributed by atoms with van der Waals surface area (Å²) in [5.74, 6) is 1.44. The molecule has 0 aliphatic heterocycles. The zero-order chi connectivity index (χ0) is 14.7. The van der Waals surface area contributed by atoms with Gasteiger partial charge in [-0.2, -0.15) is 4.98 Å². The van der Waals surface area contributed by atoms with E-state index < -0.39 is 0 Å². The number of rotatable bonds is 4. The fourth-order valence-corrected chi connectivity index (χ4v) is 2.55. The summed E-state index contributed by atoms with van der Waals surface area (Å²) in [6.45, 7) is 0. The number of aromatic nitrogens is 2. The largest absolute Gasteiger partial charge is 0.508 e. The van der Waals surface area contributed by atoms with Gasteiger partial charge in [-0.25, -0.2) is 0 Å². The number of benzene rings is 2. The van der Waals surface area contributed by atoms with Crippen LogP contribution in [0, 0.1) is 0 Å². The lowest BCUT2D eigenvalue weighted by molar-refractivity contribution is 0.380. The highest BCUT2D eigenvalue weighted by Crippen LogP contribution is 2.16. The standard InChI is InChI=1S/C16H13BrN2O2/c17-13-5-1-3-11(7-13)9-15-18-16(21-19-15)10-12-4-2-6-14(20)8-12/h1-8,20H,9-10H2. The molecule has 106 valence electrons. The molecule has 1 heterocycles. The van der Waals surface area contributed by atoms with Gasteiger partial charge < -0.3 is 9.63 Å². The molecule has 0 fully saturated rings. The van der Waals surface area contributed by atoms with Crippen LogP contribution in [0.3, 0.4) is 0 Å². The first-order valence-electron chi connectivity index (χ1n) is 6.53. The Bertz CT molecular complexity index is 693. The lowest BCUT2D eigenvalue weighted by Crippen LogP contribution is -1.92. The Morgan fingerprint density at radius 1 is 1.00 bits per heavy atom. The molecule has 0 spiro atoms. The van der Waals surface area contributed by atoms with Crippen LogP contribution in [0.4, 0.5) is 0 Å². The van der Waals surface area contributed by atoms with Crippen LogP contribution in [0.2, 0.25) is 0 Å². The molecule has 21 heavy (non-hydrogen) atoms. The molecule has 1 N–H and O–H groups in total. The smallest absolute Gasteiger partial charge is 0.231 e. The van der Waals surface area contributed by atoms with Crippen molar-refractivity contribution in [2.75, 3.05) is 0 Å². The van der Waals surface area contributed by atoms with E-state index in [4.69, 9.17) is 4.52 Å². The van der Waals surface area contributed by atoms with Crippen molar-refractivity contribution in [2.24, 2.45) is 0 Å². The van der Waals surface area contributed by atoms with E-state index in [1.54, 1.807) is 18.2 Å². The average molecular weight is 345 g/mol. The van der Waals surface area contributed by atoms with Gasteiger partial charge in [0.15, 0.2) is 5.82 Å². The molecule has 0 unspecified atom stereocenters. The fourth-order valence-electron chi connectivity index (χ4n) is 2.10. The van der Waals surface area contributed by atoms with Gasteiger partial charge in [-0.15, -0.1) is 0 Å². The van der Waals surface area contributed by atoms with Gasteiger partial charge in [0.2, 0.25) is 5.89 Å². The molecular weight excluding hydrogens is 332 g/mol. The Morgan fingerprint density at radius 2 is 1.76 bits per heavy atom. The summed E-state index contributed by atoms with van der Waals surface area (Å²) < 4.78 is 6.29. The zero-order valence-electron chi connectivity index (χ0n) is 11.2. The minimum atomic E-state index is 0.237. The van der Waals surface area contributed by atoms with E-state index in [-0.39, 0.29) is 5.75 Å². The normalized spacial score (nSPS) is 10.7. The second kappa shape index (κ2) is 6.10. The Labute approximate surface area is 130 Å². The van der Waals surface area contributed by atoms with Crippen LogP contribution in [0.1, 0.15) is 22.8 Å². The van der Waals surface area contributed by atoms with Crippen molar-refractivity contribution < 1.29 is 9.63 Å². The van der Waals surface area contributed by atoms with E-state index in [0.717, 1.165) is 15.6 Å². The summed E-state index contributed by atoms with van der Waals surface area (Å²) in [5, 5.41) is 13.4. The second-order valence-corrected chi connectivity index (χ2v) is 5.67. The molecule has 0 saturated carbocycles. The van der Waals surface area contributed by atoms with Crippen LogP contribution < -0.4 is 0 Å². The van der Waals surface area contributed by atoms with Crippen molar-refractivity contribution in [3.63, 3.8) is 0 Å². The molecule has 0 aliphatic carbocycles. The second-order valence-electron chi connectivity index (χ2n) is 4.76. The minimum Gasteiger partial charge on any atom is -0.508 e. The molecule has 1 aromatic heterocycles. The summed E-state index contributed by atoms with van der Waals surface area (Å²) in [4.78, 5) is 4.39. The van der Waals surface area contributed by atoms with E-state index in [2.05, 4.69) is 26.1 Å². The van der Waals surface area contributed by atoms with E-state index >= 15 is 0 Å². The molecule has 0 amide bonds. The Morgan fingerprint density at radius 3 is 2.52 bits per heavy atom. The third kappa shape index (κ3) is 3.70. The molecule has 0 aliphatic rings. The summed E-state index contributed by atoms with van der Waals surface area (Å²) in [6.07, 6.45) is 1.14. The Kier molecular flexibility index (Phi) is 4.01.